The first kappa shape index (κ1) is 47.7. The number of allylic oxidation sites excluding steroid dienone is 2. The van der Waals surface area contributed by atoms with E-state index in [1.165, 1.54) is 70.6 Å². The van der Waals surface area contributed by atoms with E-state index in [1.54, 1.807) is 0 Å². The highest BCUT2D eigenvalue weighted by Gasteiger charge is 2.46. The van der Waals surface area contributed by atoms with Crippen LogP contribution in [0.5, 0.6) is 0 Å². The van der Waals surface area contributed by atoms with Crippen LogP contribution in [0.4, 0.5) is 0 Å². The molecule has 1 amide bonds. The molecule has 0 aromatic rings. The SMILES string of the molecule is CCCCCCCC/C=C/CCCCCCCC(=O)NC(CO[Si](C)(C)C(C)(C)C)(CO[Si](C)(C)C(C)(C)C)CO[Si](C)(C)C(C)(C)C. The summed E-state index contributed by atoms with van der Waals surface area (Å²) in [5.74, 6) is 0.0871. The Kier molecular flexibility index (Phi) is 21.2. The third kappa shape index (κ3) is 18.8. The number of carbonyl (C=O) groups is 1. The maximum Gasteiger partial charge on any atom is 0.220 e. The molecule has 0 spiro atoms. The predicted octanol–water partition coefficient (Wildman–Crippen LogP) is 12.9. The standard InChI is InChI=1S/C40H85NO4Si3/c1-17-18-19-20-21-22-23-24-25-26-27-28-29-30-31-32-36(42)41-40(33-43-46(11,12)37(2,3)4,34-44-47(13,14)38(5,6)7)35-45-48(15,16)39(8,9)10/h24-25H,17-23,26-35H2,1-16H3,(H,41,42)/b25-24+. The second-order valence-electron chi connectivity index (χ2n) is 19.3. The molecule has 5 nitrogen and oxygen atoms in total. The summed E-state index contributed by atoms with van der Waals surface area (Å²) in [7, 11) is -6.29. The van der Waals surface area contributed by atoms with Gasteiger partial charge in [0.1, 0.15) is 5.54 Å². The van der Waals surface area contributed by atoms with E-state index in [2.05, 4.69) is 126 Å². The molecule has 0 aromatic carbocycles. The lowest BCUT2D eigenvalue weighted by Crippen LogP contribution is -2.63. The van der Waals surface area contributed by atoms with Gasteiger partial charge in [0.15, 0.2) is 25.0 Å². The van der Waals surface area contributed by atoms with Crippen LogP contribution in [0.3, 0.4) is 0 Å². The van der Waals surface area contributed by atoms with Crippen molar-refractivity contribution >= 4 is 30.9 Å². The number of carbonyl (C=O) groups excluding carboxylic acids is 1. The van der Waals surface area contributed by atoms with Crippen LogP contribution < -0.4 is 5.32 Å². The van der Waals surface area contributed by atoms with Crippen LogP contribution in [-0.4, -0.2) is 56.2 Å². The predicted molar refractivity (Wildman–Crippen MR) is 220 cm³/mol. The Bertz CT molecular complexity index is 837. The molecule has 0 bridgehead atoms. The molecule has 0 heterocycles. The molecule has 8 heteroatoms. The molecule has 0 radical (unpaired) electrons. The topological polar surface area (TPSA) is 56.8 Å². The zero-order valence-corrected chi connectivity index (χ0v) is 38.3. The molecule has 1 N–H and O–H groups in total. The van der Waals surface area contributed by atoms with Crippen molar-refractivity contribution in [3.8, 4) is 0 Å². The Morgan fingerprint density at radius 1 is 0.521 bits per heavy atom. The minimum absolute atomic E-state index is 0.0625. The molecule has 0 saturated carbocycles. The van der Waals surface area contributed by atoms with Crippen LogP contribution in [0, 0.1) is 0 Å². The van der Waals surface area contributed by atoms with Gasteiger partial charge >= 0.3 is 0 Å². The van der Waals surface area contributed by atoms with Crippen LogP contribution in [0.1, 0.15) is 159 Å². The fraction of sp³-hybridized carbons (Fsp3) is 0.925. The molecule has 0 saturated heterocycles. The molecule has 286 valence electrons. The van der Waals surface area contributed by atoms with E-state index in [1.807, 2.05) is 0 Å². The molecule has 0 aromatic heterocycles. The molecular weight excluding hydrogens is 643 g/mol. The lowest BCUT2D eigenvalue weighted by atomic mass is 10.0. The Morgan fingerprint density at radius 3 is 1.17 bits per heavy atom. The Morgan fingerprint density at radius 2 is 0.833 bits per heavy atom. The van der Waals surface area contributed by atoms with Gasteiger partial charge in [-0.25, -0.2) is 0 Å². The van der Waals surface area contributed by atoms with Crippen LogP contribution >= 0.6 is 0 Å². The number of unbranched alkanes of at least 4 members (excludes halogenated alkanes) is 11. The summed E-state index contributed by atoms with van der Waals surface area (Å²) >= 11 is 0. The Labute approximate surface area is 304 Å². The number of rotatable bonds is 25. The molecular formula is C40H85NO4Si3. The number of hydrogen-bond acceptors (Lipinski definition) is 4. The fourth-order valence-electron chi connectivity index (χ4n) is 4.55. The minimum atomic E-state index is -2.10. The number of hydrogen-bond donors (Lipinski definition) is 1. The van der Waals surface area contributed by atoms with E-state index in [-0.39, 0.29) is 21.0 Å². The highest BCUT2D eigenvalue weighted by Crippen LogP contribution is 2.40. The molecule has 48 heavy (non-hydrogen) atoms. The maximum atomic E-state index is 13.7. The van der Waals surface area contributed by atoms with Gasteiger partial charge in [0.05, 0.1) is 19.8 Å². The monoisotopic (exact) mass is 728 g/mol. The lowest BCUT2D eigenvalue weighted by molar-refractivity contribution is -0.125. The highest BCUT2D eigenvalue weighted by molar-refractivity contribution is 6.75. The van der Waals surface area contributed by atoms with Crippen molar-refractivity contribution in [2.24, 2.45) is 0 Å². The van der Waals surface area contributed by atoms with Gasteiger partial charge in [0.2, 0.25) is 5.91 Å². The molecule has 0 aliphatic rings. The zero-order valence-electron chi connectivity index (χ0n) is 35.3. The third-order valence-electron chi connectivity index (χ3n) is 11.6. The fourth-order valence-corrected chi connectivity index (χ4v) is 7.76. The van der Waals surface area contributed by atoms with Crippen LogP contribution in [0.15, 0.2) is 12.2 Å². The second-order valence-corrected chi connectivity index (χ2v) is 33.7. The largest absolute Gasteiger partial charge is 0.414 e. The number of nitrogens with one attached hydrogen (secondary N) is 1. The summed E-state index contributed by atoms with van der Waals surface area (Å²) in [5.41, 5.74) is -0.737. The van der Waals surface area contributed by atoms with Crippen molar-refractivity contribution in [3.05, 3.63) is 12.2 Å². The normalized spacial score (nSPS) is 14.2. The average molecular weight is 728 g/mol. The van der Waals surface area contributed by atoms with Gasteiger partial charge in [0, 0.05) is 6.42 Å². The molecule has 0 rings (SSSR count). The summed E-state index contributed by atoms with van der Waals surface area (Å²) in [4.78, 5) is 13.7. The van der Waals surface area contributed by atoms with Gasteiger partial charge in [-0.1, -0.05) is 133 Å². The summed E-state index contributed by atoms with van der Waals surface area (Å²) in [6, 6.07) is 0. The van der Waals surface area contributed by atoms with E-state index in [9.17, 15) is 4.79 Å². The summed E-state index contributed by atoms with van der Waals surface area (Å²) < 4.78 is 20.6. The molecule has 0 fully saturated rings. The zero-order chi connectivity index (χ0) is 37.3. The first-order valence-electron chi connectivity index (χ1n) is 19.7. The van der Waals surface area contributed by atoms with E-state index in [0.29, 0.717) is 26.2 Å². The number of amides is 1. The summed E-state index contributed by atoms with van der Waals surface area (Å²) in [6.45, 7) is 37.6. The molecule has 0 unspecified atom stereocenters. The smallest absolute Gasteiger partial charge is 0.220 e. The summed E-state index contributed by atoms with van der Waals surface area (Å²) in [6.07, 6.45) is 21.5. The van der Waals surface area contributed by atoms with Gasteiger partial charge in [-0.3, -0.25) is 4.79 Å². The van der Waals surface area contributed by atoms with Crippen molar-refractivity contribution < 1.29 is 18.1 Å². The van der Waals surface area contributed by atoms with Crippen LogP contribution in [0.25, 0.3) is 0 Å². The van der Waals surface area contributed by atoms with Gasteiger partial charge < -0.3 is 18.6 Å². The van der Waals surface area contributed by atoms with Crippen molar-refractivity contribution in [2.75, 3.05) is 19.8 Å². The van der Waals surface area contributed by atoms with Crippen LogP contribution in [0.2, 0.25) is 54.4 Å². The minimum Gasteiger partial charge on any atom is -0.414 e. The van der Waals surface area contributed by atoms with E-state index >= 15 is 0 Å². The van der Waals surface area contributed by atoms with Crippen molar-refractivity contribution in [1.82, 2.24) is 5.32 Å². The Balaban J connectivity index is 5.45. The first-order chi connectivity index (χ1) is 21.8. The van der Waals surface area contributed by atoms with Crippen molar-refractivity contribution in [1.29, 1.82) is 0 Å². The van der Waals surface area contributed by atoms with Gasteiger partial charge in [-0.2, -0.15) is 0 Å². The first-order valence-corrected chi connectivity index (χ1v) is 28.4. The third-order valence-corrected chi connectivity index (χ3v) is 25.1. The average Bonchev–Trinajstić information content (AvgIpc) is 2.94. The molecule has 0 aliphatic heterocycles. The molecule has 0 atom stereocenters. The highest BCUT2D eigenvalue weighted by atomic mass is 28.4. The van der Waals surface area contributed by atoms with Crippen molar-refractivity contribution in [3.63, 3.8) is 0 Å². The van der Waals surface area contributed by atoms with Gasteiger partial charge in [0.25, 0.3) is 0 Å². The molecule has 0 aliphatic carbocycles. The second kappa shape index (κ2) is 21.3. The lowest BCUT2D eigenvalue weighted by Gasteiger charge is -2.46. The van der Waals surface area contributed by atoms with Crippen LogP contribution in [-0.2, 0) is 18.1 Å². The maximum absolute atomic E-state index is 13.7. The van der Waals surface area contributed by atoms with Crippen molar-refractivity contribution in [2.45, 2.75) is 219 Å². The van der Waals surface area contributed by atoms with Gasteiger partial charge in [-0.05, 0) is 86.5 Å². The quantitative estimate of drug-likeness (QED) is 0.0578. The van der Waals surface area contributed by atoms with E-state index in [0.717, 1.165) is 12.8 Å². The van der Waals surface area contributed by atoms with E-state index in [4.69, 9.17) is 13.3 Å². The van der Waals surface area contributed by atoms with Gasteiger partial charge in [-0.15, -0.1) is 0 Å². The summed E-state index contributed by atoms with van der Waals surface area (Å²) in [5, 5.41) is 3.68. The Hall–Kier alpha value is -0.259. The van der Waals surface area contributed by atoms with E-state index < -0.39 is 30.5 Å².